The smallest absolute Gasteiger partial charge is 0.264 e. The van der Waals surface area contributed by atoms with Crippen molar-refractivity contribution in [2.45, 2.75) is 69.5 Å². The third kappa shape index (κ3) is 4.83. The van der Waals surface area contributed by atoms with Gasteiger partial charge in [-0.05, 0) is 46.3 Å². The van der Waals surface area contributed by atoms with Crippen LogP contribution in [0.2, 0.25) is 0 Å². The van der Waals surface area contributed by atoms with E-state index in [0.29, 0.717) is 18.6 Å². The first-order chi connectivity index (χ1) is 12.0. The van der Waals surface area contributed by atoms with Crippen molar-refractivity contribution in [3.8, 4) is 0 Å². The Labute approximate surface area is 161 Å². The van der Waals surface area contributed by atoms with Gasteiger partial charge in [0.2, 0.25) is 0 Å². The molecule has 0 spiro atoms. The van der Waals surface area contributed by atoms with Crippen molar-refractivity contribution >= 4 is 21.9 Å². The van der Waals surface area contributed by atoms with Crippen molar-refractivity contribution in [3.05, 3.63) is 11.6 Å². The quantitative estimate of drug-likeness (QED) is 0.375. The number of methoxy groups -OCH3 is 1. The van der Waals surface area contributed by atoms with Crippen molar-refractivity contribution in [3.63, 3.8) is 0 Å². The van der Waals surface area contributed by atoms with Gasteiger partial charge in [0.25, 0.3) is 10.1 Å². The molecule has 0 aromatic carbocycles. The number of thioether (sulfide) groups is 1. The molecule has 0 aromatic rings. The van der Waals surface area contributed by atoms with E-state index in [4.69, 9.17) is 13.7 Å². The van der Waals surface area contributed by atoms with Crippen LogP contribution in [0.4, 0.5) is 0 Å². The number of rotatable bonds is 8. The number of ether oxygens (including phenoxy) is 2. The molecule has 0 aromatic heterocycles. The van der Waals surface area contributed by atoms with Gasteiger partial charge in [0, 0.05) is 18.8 Å². The Kier molecular flexibility index (Phi) is 6.90. The molecule has 2 rings (SSSR count). The van der Waals surface area contributed by atoms with Gasteiger partial charge in [0.15, 0.2) is 0 Å². The van der Waals surface area contributed by atoms with Crippen LogP contribution in [-0.4, -0.2) is 68.4 Å². The lowest BCUT2D eigenvalue weighted by Crippen LogP contribution is -2.61. The van der Waals surface area contributed by atoms with Crippen LogP contribution in [0.1, 0.15) is 40.0 Å². The minimum Gasteiger partial charge on any atom is -0.389 e. The van der Waals surface area contributed by atoms with Crippen LogP contribution in [0.5, 0.6) is 0 Å². The predicted octanol–water partition coefficient (Wildman–Crippen LogP) is 2.36. The van der Waals surface area contributed by atoms with Crippen LogP contribution < -0.4 is 0 Å². The van der Waals surface area contributed by atoms with Crippen LogP contribution in [-0.2, 0) is 23.8 Å². The molecule has 1 heterocycles. The zero-order valence-corrected chi connectivity index (χ0v) is 18.2. The second-order valence-corrected chi connectivity index (χ2v) is 10.4. The van der Waals surface area contributed by atoms with Gasteiger partial charge in [0.1, 0.15) is 11.7 Å². The summed E-state index contributed by atoms with van der Waals surface area (Å²) in [5.41, 5.74) is -0.352. The van der Waals surface area contributed by atoms with E-state index >= 15 is 0 Å². The summed E-state index contributed by atoms with van der Waals surface area (Å²) < 4.78 is 40.4. The van der Waals surface area contributed by atoms with Gasteiger partial charge < -0.3 is 14.6 Å². The molecule has 1 aliphatic heterocycles. The summed E-state index contributed by atoms with van der Waals surface area (Å²) in [4.78, 5) is 0. The Morgan fingerprint density at radius 3 is 2.58 bits per heavy atom. The molecule has 0 radical (unpaired) electrons. The maximum Gasteiger partial charge on any atom is 0.264 e. The van der Waals surface area contributed by atoms with Crippen LogP contribution in [0.3, 0.4) is 0 Å². The van der Waals surface area contributed by atoms with Crippen molar-refractivity contribution in [1.29, 1.82) is 0 Å². The summed E-state index contributed by atoms with van der Waals surface area (Å²) in [6, 6.07) is 0. The van der Waals surface area contributed by atoms with E-state index in [1.807, 2.05) is 27.0 Å². The van der Waals surface area contributed by atoms with Gasteiger partial charge in [-0.3, -0.25) is 4.18 Å². The average molecular weight is 409 g/mol. The highest BCUT2D eigenvalue weighted by Gasteiger charge is 2.67. The van der Waals surface area contributed by atoms with E-state index < -0.39 is 33.5 Å². The SMILES string of the molecule is COC1C(OS(C)(=O)=O)CCC(O)(CSC)C1C1(C)OC1CC=C(C)C. The standard InChI is InChI=1S/C18H32O6S2/c1-12(2)7-8-14-17(3,23-14)16-15(22-4)13(24-26(6,20)21)9-10-18(16,19)11-25-5/h7,13-16,19H,8-11H2,1-6H3. The van der Waals surface area contributed by atoms with E-state index in [1.54, 1.807) is 11.8 Å². The van der Waals surface area contributed by atoms with E-state index in [9.17, 15) is 13.5 Å². The first-order valence-corrected chi connectivity index (χ1v) is 12.1. The zero-order chi connectivity index (χ0) is 19.8. The molecule has 0 amide bonds. The summed E-state index contributed by atoms with van der Waals surface area (Å²) in [6.07, 6.45) is 5.56. The third-order valence-corrected chi connectivity index (χ3v) is 6.82. The lowest BCUT2D eigenvalue weighted by atomic mass is 9.66. The van der Waals surface area contributed by atoms with Crippen molar-refractivity contribution < 1.29 is 27.2 Å². The summed E-state index contributed by atoms with van der Waals surface area (Å²) >= 11 is 1.57. The van der Waals surface area contributed by atoms with Crippen LogP contribution in [0, 0.1) is 5.92 Å². The van der Waals surface area contributed by atoms with Crippen molar-refractivity contribution in [1.82, 2.24) is 0 Å². The average Bonchev–Trinajstić information content (AvgIpc) is 3.16. The Morgan fingerprint density at radius 1 is 1.42 bits per heavy atom. The third-order valence-electron chi connectivity index (χ3n) is 5.44. The molecule has 8 heteroatoms. The maximum absolute atomic E-state index is 11.7. The van der Waals surface area contributed by atoms with E-state index in [1.165, 1.54) is 12.7 Å². The topological polar surface area (TPSA) is 85.4 Å². The molecule has 6 nitrogen and oxygen atoms in total. The molecule has 2 fully saturated rings. The van der Waals surface area contributed by atoms with E-state index in [2.05, 4.69) is 6.08 Å². The normalized spacial score (nSPS) is 40.3. The van der Waals surface area contributed by atoms with Gasteiger partial charge in [-0.25, -0.2) is 0 Å². The molecule has 6 atom stereocenters. The molecule has 26 heavy (non-hydrogen) atoms. The van der Waals surface area contributed by atoms with Gasteiger partial charge in [0.05, 0.1) is 24.1 Å². The van der Waals surface area contributed by atoms with Gasteiger partial charge in [-0.15, -0.1) is 0 Å². The highest BCUT2D eigenvalue weighted by atomic mass is 32.2. The minimum absolute atomic E-state index is 0.0228. The fourth-order valence-electron chi connectivity index (χ4n) is 4.29. The molecule has 1 saturated carbocycles. The summed E-state index contributed by atoms with van der Waals surface area (Å²) in [6.45, 7) is 6.07. The number of hydrogen-bond acceptors (Lipinski definition) is 7. The molecular formula is C18H32O6S2. The molecule has 152 valence electrons. The predicted molar refractivity (Wildman–Crippen MR) is 104 cm³/mol. The van der Waals surface area contributed by atoms with Gasteiger partial charge in [-0.2, -0.15) is 20.2 Å². The lowest BCUT2D eigenvalue weighted by molar-refractivity contribution is -0.162. The van der Waals surface area contributed by atoms with Gasteiger partial charge >= 0.3 is 0 Å². The van der Waals surface area contributed by atoms with E-state index in [-0.39, 0.29) is 12.0 Å². The fraction of sp³-hybridized carbons (Fsp3) is 0.889. The molecule has 6 unspecified atom stereocenters. The largest absolute Gasteiger partial charge is 0.389 e. The van der Waals surface area contributed by atoms with Crippen LogP contribution >= 0.6 is 11.8 Å². The summed E-state index contributed by atoms with van der Waals surface area (Å²) in [5, 5.41) is 11.4. The zero-order valence-electron chi connectivity index (χ0n) is 16.5. The Bertz CT molecular complexity index is 630. The number of allylic oxidation sites excluding steroid dienone is 1. The minimum atomic E-state index is -3.62. The number of aliphatic hydroxyl groups is 1. The first kappa shape index (κ1) is 22.2. The van der Waals surface area contributed by atoms with Crippen LogP contribution in [0.25, 0.3) is 0 Å². The summed E-state index contributed by atoms with van der Waals surface area (Å²) in [7, 11) is -2.08. The fourth-order valence-corrected chi connectivity index (χ4v) is 5.77. The van der Waals surface area contributed by atoms with Crippen LogP contribution in [0.15, 0.2) is 11.6 Å². The molecule has 0 bridgehead atoms. The monoisotopic (exact) mass is 408 g/mol. The molecule has 1 N–H and O–H groups in total. The highest BCUT2D eigenvalue weighted by Crippen LogP contribution is 2.55. The molecule has 2 aliphatic rings. The molecule has 1 aliphatic carbocycles. The number of hydrogen-bond donors (Lipinski definition) is 1. The van der Waals surface area contributed by atoms with Crippen molar-refractivity contribution in [2.24, 2.45) is 5.92 Å². The Hall–Kier alpha value is -0.120. The number of epoxide rings is 1. The molecule has 1 saturated heterocycles. The van der Waals surface area contributed by atoms with Gasteiger partial charge in [-0.1, -0.05) is 11.6 Å². The van der Waals surface area contributed by atoms with Crippen molar-refractivity contribution in [2.75, 3.05) is 25.4 Å². The highest BCUT2D eigenvalue weighted by molar-refractivity contribution is 7.98. The first-order valence-electron chi connectivity index (χ1n) is 8.90. The lowest BCUT2D eigenvalue weighted by Gasteiger charge is -2.48. The second-order valence-electron chi connectivity index (χ2n) is 7.90. The second kappa shape index (κ2) is 8.09. The Morgan fingerprint density at radius 2 is 2.08 bits per heavy atom. The maximum atomic E-state index is 11.7. The van der Waals surface area contributed by atoms with E-state index in [0.717, 1.165) is 12.7 Å². The summed E-state index contributed by atoms with van der Waals surface area (Å²) in [5.74, 6) is 0.167. The Balaban J connectivity index is 2.32. The molecular weight excluding hydrogens is 376 g/mol.